The number of carbonyl (C=O) groups is 1. The fraction of sp³-hybridized carbons (Fsp3) is 0.227. The molecule has 0 unspecified atom stereocenters. The Morgan fingerprint density at radius 1 is 1.18 bits per heavy atom. The molecular formula is C22H18Cl2N4O5S. The number of amides is 1. The highest BCUT2D eigenvalue weighted by Crippen LogP contribution is 2.39. The molecule has 0 N–H and O–H groups in total. The first-order chi connectivity index (χ1) is 16.1. The standard InChI is InChI=1S/C22H18Cl2N4O5S/c1-12(2)16-8-15(32-3)9-19-21(16)22(29)27(34(19,30)31)11-33-20-7-14(10-25)26-28(20)18-5-4-13(23)6-17(18)24/h4-9,12H,11H2,1-3H3. The molecule has 3 aromatic rings. The van der Waals surface area contributed by atoms with Gasteiger partial charge in [0.05, 0.1) is 23.4 Å². The molecule has 0 atom stereocenters. The lowest BCUT2D eigenvalue weighted by Crippen LogP contribution is -2.34. The van der Waals surface area contributed by atoms with Crippen LogP contribution in [0.15, 0.2) is 41.3 Å². The minimum absolute atomic E-state index is 0.00624. The highest BCUT2D eigenvalue weighted by Gasteiger charge is 2.44. The van der Waals surface area contributed by atoms with E-state index in [2.05, 4.69) is 5.10 Å². The van der Waals surface area contributed by atoms with Crippen molar-refractivity contribution in [2.24, 2.45) is 0 Å². The Bertz CT molecular complexity index is 1460. The Morgan fingerprint density at radius 2 is 1.91 bits per heavy atom. The first-order valence-corrected chi connectivity index (χ1v) is 12.2. The molecule has 0 bridgehead atoms. The largest absolute Gasteiger partial charge is 0.497 e. The van der Waals surface area contributed by atoms with Gasteiger partial charge in [-0.3, -0.25) is 4.79 Å². The number of ether oxygens (including phenoxy) is 2. The second-order valence-electron chi connectivity index (χ2n) is 7.66. The Balaban J connectivity index is 1.71. The summed E-state index contributed by atoms with van der Waals surface area (Å²) in [6, 6.07) is 10.8. The van der Waals surface area contributed by atoms with Crippen molar-refractivity contribution in [3.05, 3.63) is 63.3 Å². The molecule has 0 fully saturated rings. The van der Waals surface area contributed by atoms with Crippen molar-refractivity contribution < 1.29 is 22.7 Å². The fourth-order valence-corrected chi connectivity index (χ4v) is 5.52. The van der Waals surface area contributed by atoms with E-state index in [1.54, 1.807) is 18.2 Å². The third kappa shape index (κ3) is 3.96. The Labute approximate surface area is 206 Å². The van der Waals surface area contributed by atoms with Gasteiger partial charge in [0.1, 0.15) is 16.7 Å². The van der Waals surface area contributed by atoms with Crippen LogP contribution in [0.4, 0.5) is 0 Å². The molecule has 34 heavy (non-hydrogen) atoms. The van der Waals surface area contributed by atoms with E-state index < -0.39 is 22.7 Å². The molecule has 0 saturated heterocycles. The molecular weight excluding hydrogens is 503 g/mol. The second-order valence-corrected chi connectivity index (χ2v) is 10.3. The van der Waals surface area contributed by atoms with Crippen LogP contribution in [-0.4, -0.2) is 42.3 Å². The van der Waals surface area contributed by atoms with E-state index in [1.807, 2.05) is 19.9 Å². The smallest absolute Gasteiger partial charge is 0.272 e. The monoisotopic (exact) mass is 520 g/mol. The first kappa shape index (κ1) is 23.9. The van der Waals surface area contributed by atoms with Crippen molar-refractivity contribution in [1.29, 1.82) is 5.26 Å². The number of sulfonamides is 1. The Morgan fingerprint density at radius 3 is 2.53 bits per heavy atom. The Hall–Kier alpha value is -3.26. The molecule has 0 saturated carbocycles. The third-order valence-corrected chi connectivity index (χ3v) is 7.50. The van der Waals surface area contributed by atoms with E-state index in [-0.39, 0.29) is 33.0 Å². The van der Waals surface area contributed by atoms with Crippen LogP contribution in [-0.2, 0) is 10.0 Å². The summed E-state index contributed by atoms with van der Waals surface area (Å²) in [5.74, 6) is -0.495. The number of halogens is 2. The van der Waals surface area contributed by atoms with Gasteiger partial charge in [0, 0.05) is 17.2 Å². The van der Waals surface area contributed by atoms with E-state index in [0.717, 1.165) is 0 Å². The lowest BCUT2D eigenvalue weighted by molar-refractivity contribution is 0.0782. The lowest BCUT2D eigenvalue weighted by Gasteiger charge is -2.17. The molecule has 176 valence electrons. The van der Waals surface area contributed by atoms with Crippen LogP contribution in [0.3, 0.4) is 0 Å². The SMILES string of the molecule is COc1cc(C(C)C)c2c(c1)S(=O)(=O)N(COc1cc(C#N)nn1-c1ccc(Cl)cc1Cl)C2=O. The molecule has 0 aliphatic carbocycles. The molecule has 0 spiro atoms. The maximum Gasteiger partial charge on any atom is 0.272 e. The number of nitriles is 1. The van der Waals surface area contributed by atoms with Gasteiger partial charge < -0.3 is 9.47 Å². The number of carbonyl (C=O) groups excluding carboxylic acids is 1. The van der Waals surface area contributed by atoms with Gasteiger partial charge in [0.15, 0.2) is 12.4 Å². The van der Waals surface area contributed by atoms with Gasteiger partial charge in [-0.25, -0.2) is 8.42 Å². The number of nitrogens with zero attached hydrogens (tertiary/aromatic N) is 4. The van der Waals surface area contributed by atoms with Crippen molar-refractivity contribution in [2.45, 2.75) is 24.7 Å². The van der Waals surface area contributed by atoms with Crippen LogP contribution >= 0.6 is 23.2 Å². The predicted molar refractivity (Wildman–Crippen MR) is 124 cm³/mol. The van der Waals surface area contributed by atoms with Gasteiger partial charge in [-0.2, -0.15) is 19.3 Å². The summed E-state index contributed by atoms with van der Waals surface area (Å²) in [7, 11) is -2.78. The summed E-state index contributed by atoms with van der Waals surface area (Å²) in [5, 5.41) is 14.0. The average Bonchev–Trinajstić information content (AvgIpc) is 3.28. The second kappa shape index (κ2) is 8.83. The summed E-state index contributed by atoms with van der Waals surface area (Å²) >= 11 is 12.2. The highest BCUT2D eigenvalue weighted by molar-refractivity contribution is 7.90. The van der Waals surface area contributed by atoms with Crippen LogP contribution < -0.4 is 9.47 Å². The van der Waals surface area contributed by atoms with Crippen LogP contribution in [0.25, 0.3) is 5.69 Å². The van der Waals surface area contributed by atoms with E-state index >= 15 is 0 Å². The molecule has 1 aliphatic heterocycles. The molecule has 2 heterocycles. The van der Waals surface area contributed by atoms with Gasteiger partial charge in [0.2, 0.25) is 5.88 Å². The summed E-state index contributed by atoms with van der Waals surface area (Å²) in [6.07, 6.45) is 0. The molecule has 1 aromatic heterocycles. The highest BCUT2D eigenvalue weighted by atomic mass is 35.5. The Kier molecular flexibility index (Phi) is 6.20. The van der Waals surface area contributed by atoms with Crippen molar-refractivity contribution in [3.63, 3.8) is 0 Å². The number of hydrogen-bond donors (Lipinski definition) is 0. The number of benzene rings is 2. The quantitative estimate of drug-likeness (QED) is 0.473. The first-order valence-electron chi connectivity index (χ1n) is 9.96. The minimum Gasteiger partial charge on any atom is -0.497 e. The molecule has 0 radical (unpaired) electrons. The zero-order valence-electron chi connectivity index (χ0n) is 18.2. The molecule has 12 heteroatoms. The van der Waals surface area contributed by atoms with E-state index in [1.165, 1.54) is 30.0 Å². The van der Waals surface area contributed by atoms with Crippen LogP contribution in [0.5, 0.6) is 11.6 Å². The van der Waals surface area contributed by atoms with Crippen molar-refractivity contribution in [1.82, 2.24) is 14.1 Å². The number of methoxy groups -OCH3 is 1. The zero-order chi connectivity index (χ0) is 24.8. The van der Waals surface area contributed by atoms with Crippen molar-refractivity contribution >= 4 is 39.1 Å². The average molecular weight is 521 g/mol. The maximum absolute atomic E-state index is 13.2. The van der Waals surface area contributed by atoms with E-state index in [0.29, 0.717) is 26.3 Å². The number of hydrogen-bond acceptors (Lipinski definition) is 7. The minimum atomic E-state index is -4.20. The summed E-state index contributed by atoms with van der Waals surface area (Å²) in [5.41, 5.74) is 1.00. The van der Waals surface area contributed by atoms with Crippen LogP contribution in [0.1, 0.15) is 41.4 Å². The van der Waals surface area contributed by atoms with E-state index in [9.17, 15) is 18.5 Å². The van der Waals surface area contributed by atoms with Crippen molar-refractivity contribution in [3.8, 4) is 23.4 Å². The van der Waals surface area contributed by atoms with E-state index in [4.69, 9.17) is 32.7 Å². The number of fused-ring (bicyclic) bond motifs is 1. The summed E-state index contributed by atoms with van der Waals surface area (Å²) in [6.45, 7) is 3.06. The normalized spacial score (nSPS) is 14.3. The van der Waals surface area contributed by atoms with Crippen molar-refractivity contribution in [2.75, 3.05) is 13.8 Å². The molecule has 9 nitrogen and oxygen atoms in total. The predicted octanol–water partition coefficient (Wildman–Crippen LogP) is 4.36. The maximum atomic E-state index is 13.2. The van der Waals surface area contributed by atoms with Crippen LogP contribution in [0, 0.1) is 11.3 Å². The third-order valence-electron chi connectivity index (χ3n) is 5.23. The summed E-state index contributed by atoms with van der Waals surface area (Å²) < 4.78 is 39.2. The topological polar surface area (TPSA) is 115 Å². The number of rotatable bonds is 6. The summed E-state index contributed by atoms with van der Waals surface area (Å²) in [4.78, 5) is 13.0. The zero-order valence-corrected chi connectivity index (χ0v) is 20.6. The molecule has 1 aliphatic rings. The van der Waals surface area contributed by atoms with Gasteiger partial charge >= 0.3 is 0 Å². The lowest BCUT2D eigenvalue weighted by atomic mass is 9.96. The molecule has 1 amide bonds. The van der Waals surface area contributed by atoms with Gasteiger partial charge in [0.25, 0.3) is 15.9 Å². The van der Waals surface area contributed by atoms with Gasteiger partial charge in [-0.15, -0.1) is 0 Å². The van der Waals surface area contributed by atoms with Crippen LogP contribution in [0.2, 0.25) is 10.0 Å². The van der Waals surface area contributed by atoms with Gasteiger partial charge in [-0.1, -0.05) is 37.0 Å². The molecule has 2 aromatic carbocycles. The number of aromatic nitrogens is 2. The fourth-order valence-electron chi connectivity index (χ4n) is 3.57. The molecule has 4 rings (SSSR count). The van der Waals surface area contributed by atoms with Gasteiger partial charge in [-0.05, 0) is 35.7 Å².